The predicted molar refractivity (Wildman–Crippen MR) is 80.7 cm³/mol. The number of aryl methyl sites for hydroxylation is 1. The third kappa shape index (κ3) is 3.61. The molecular weight excluding hydrogens is 250 g/mol. The lowest BCUT2D eigenvalue weighted by molar-refractivity contribution is 0.340. The fourth-order valence-corrected chi connectivity index (χ4v) is 2.24. The van der Waals surface area contributed by atoms with Crippen molar-refractivity contribution < 1.29 is 4.74 Å². The fourth-order valence-electron chi connectivity index (χ4n) is 2.24. The zero-order valence-corrected chi connectivity index (χ0v) is 12.5. The van der Waals surface area contributed by atoms with Gasteiger partial charge in [-0.3, -0.25) is 0 Å². The molecule has 1 heterocycles. The zero-order chi connectivity index (χ0) is 14.4. The van der Waals surface area contributed by atoms with Crippen LogP contribution in [0.3, 0.4) is 0 Å². The summed E-state index contributed by atoms with van der Waals surface area (Å²) in [6.07, 6.45) is 4.84. The van der Waals surface area contributed by atoms with E-state index in [-0.39, 0.29) is 0 Å². The van der Waals surface area contributed by atoms with E-state index < -0.39 is 0 Å². The number of imidazole rings is 1. The van der Waals surface area contributed by atoms with Crippen LogP contribution in [0.15, 0.2) is 36.7 Å². The first-order chi connectivity index (χ1) is 9.74. The number of benzene rings is 1. The summed E-state index contributed by atoms with van der Waals surface area (Å²) in [5.74, 6) is 1.98. The number of nitrogens with zero attached hydrogens (tertiary/aromatic N) is 2. The summed E-state index contributed by atoms with van der Waals surface area (Å²) in [6.45, 7) is 5.66. The van der Waals surface area contributed by atoms with Crippen LogP contribution < -0.4 is 10.1 Å². The summed E-state index contributed by atoms with van der Waals surface area (Å²) >= 11 is 0. The second-order valence-corrected chi connectivity index (χ2v) is 4.80. The third-order valence-corrected chi connectivity index (χ3v) is 3.43. The molecule has 2 aromatic rings. The van der Waals surface area contributed by atoms with Crippen molar-refractivity contribution in [2.45, 2.75) is 32.9 Å². The zero-order valence-electron chi connectivity index (χ0n) is 12.5. The molecule has 1 atom stereocenters. The molecule has 108 valence electrons. The number of ether oxygens (including phenoxy) is 1. The van der Waals surface area contributed by atoms with Crippen molar-refractivity contribution in [1.82, 2.24) is 14.9 Å². The van der Waals surface area contributed by atoms with Crippen LogP contribution >= 0.6 is 0 Å². The van der Waals surface area contributed by atoms with Gasteiger partial charge >= 0.3 is 0 Å². The van der Waals surface area contributed by atoms with Crippen LogP contribution in [0.25, 0.3) is 0 Å². The molecule has 0 aliphatic carbocycles. The van der Waals surface area contributed by atoms with E-state index in [0.29, 0.717) is 12.6 Å². The number of hydrogen-bond acceptors (Lipinski definition) is 3. The number of nitrogens with one attached hydrogen (secondary N) is 1. The van der Waals surface area contributed by atoms with Gasteiger partial charge in [-0.2, -0.15) is 0 Å². The minimum atomic E-state index is 0.336. The molecule has 0 radical (unpaired) electrons. The highest BCUT2D eigenvalue weighted by atomic mass is 16.5. The van der Waals surface area contributed by atoms with E-state index in [1.807, 2.05) is 43.1 Å². The summed E-state index contributed by atoms with van der Waals surface area (Å²) in [6, 6.07) is 8.66. The first kappa shape index (κ1) is 14.6. The van der Waals surface area contributed by atoms with Crippen molar-refractivity contribution >= 4 is 0 Å². The monoisotopic (exact) mass is 273 g/mol. The molecule has 0 saturated carbocycles. The average molecular weight is 273 g/mol. The van der Waals surface area contributed by atoms with E-state index in [1.54, 1.807) is 0 Å². The van der Waals surface area contributed by atoms with Crippen LogP contribution in [-0.4, -0.2) is 16.2 Å². The molecule has 0 saturated heterocycles. The van der Waals surface area contributed by atoms with E-state index in [2.05, 4.69) is 29.4 Å². The lowest BCUT2D eigenvalue weighted by Crippen LogP contribution is -2.22. The third-order valence-electron chi connectivity index (χ3n) is 3.43. The Kier molecular flexibility index (Phi) is 5.18. The minimum absolute atomic E-state index is 0.336. The number of rotatable bonds is 7. The Bertz CT molecular complexity index is 519. The minimum Gasteiger partial charge on any atom is -0.494 e. The molecule has 4 heteroatoms. The summed E-state index contributed by atoms with van der Waals surface area (Å²) in [4.78, 5) is 4.33. The molecule has 0 spiro atoms. The van der Waals surface area contributed by atoms with Gasteiger partial charge in [0.15, 0.2) is 0 Å². The van der Waals surface area contributed by atoms with Gasteiger partial charge in [0.2, 0.25) is 0 Å². The van der Waals surface area contributed by atoms with E-state index in [9.17, 15) is 0 Å². The Labute approximate surface area is 120 Å². The van der Waals surface area contributed by atoms with Gasteiger partial charge in [-0.1, -0.05) is 19.1 Å². The van der Waals surface area contributed by atoms with Crippen molar-refractivity contribution in [3.05, 3.63) is 48.0 Å². The SMILES string of the molecule is CCOc1ccc(C(CC)NCc2nccn2C)cc1. The summed E-state index contributed by atoms with van der Waals surface area (Å²) in [7, 11) is 2.02. The largest absolute Gasteiger partial charge is 0.494 e. The number of aromatic nitrogens is 2. The van der Waals surface area contributed by atoms with E-state index >= 15 is 0 Å². The Hall–Kier alpha value is -1.81. The van der Waals surface area contributed by atoms with Gasteiger partial charge in [-0.15, -0.1) is 0 Å². The standard InChI is InChI=1S/C16H23N3O/c1-4-15(18-12-16-17-10-11-19(16)3)13-6-8-14(9-7-13)20-5-2/h6-11,15,18H,4-5,12H2,1-3H3. The molecule has 1 unspecified atom stereocenters. The first-order valence-electron chi connectivity index (χ1n) is 7.17. The van der Waals surface area contributed by atoms with Crippen LogP contribution in [-0.2, 0) is 13.6 Å². The average Bonchev–Trinajstić information content (AvgIpc) is 2.87. The fraction of sp³-hybridized carbons (Fsp3) is 0.438. The van der Waals surface area contributed by atoms with Crippen LogP contribution in [0.5, 0.6) is 5.75 Å². The maximum atomic E-state index is 5.48. The van der Waals surface area contributed by atoms with Crippen molar-refractivity contribution in [3.8, 4) is 5.75 Å². The Morgan fingerprint density at radius 2 is 2.00 bits per heavy atom. The normalized spacial score (nSPS) is 12.3. The van der Waals surface area contributed by atoms with Crippen LogP contribution in [0.4, 0.5) is 0 Å². The van der Waals surface area contributed by atoms with Gasteiger partial charge in [-0.05, 0) is 31.0 Å². The van der Waals surface area contributed by atoms with Gasteiger partial charge < -0.3 is 14.6 Å². The first-order valence-corrected chi connectivity index (χ1v) is 7.17. The second-order valence-electron chi connectivity index (χ2n) is 4.80. The molecule has 0 amide bonds. The van der Waals surface area contributed by atoms with Gasteiger partial charge in [0.05, 0.1) is 13.2 Å². The highest BCUT2D eigenvalue weighted by molar-refractivity contribution is 5.29. The molecule has 2 rings (SSSR count). The summed E-state index contributed by atoms with van der Waals surface area (Å²) in [5.41, 5.74) is 1.28. The van der Waals surface area contributed by atoms with Crippen LogP contribution in [0, 0.1) is 0 Å². The lowest BCUT2D eigenvalue weighted by atomic mass is 10.0. The molecule has 0 aliphatic rings. The highest BCUT2D eigenvalue weighted by Gasteiger charge is 2.10. The Balaban J connectivity index is 1.98. The summed E-state index contributed by atoms with van der Waals surface area (Å²) in [5, 5.41) is 3.56. The molecule has 0 bridgehead atoms. The Morgan fingerprint density at radius 1 is 1.25 bits per heavy atom. The van der Waals surface area contributed by atoms with E-state index in [1.165, 1.54) is 5.56 Å². The van der Waals surface area contributed by atoms with Crippen molar-refractivity contribution in [3.63, 3.8) is 0 Å². The Morgan fingerprint density at radius 3 is 2.55 bits per heavy atom. The van der Waals surface area contributed by atoms with E-state index in [0.717, 1.165) is 24.5 Å². The topological polar surface area (TPSA) is 39.1 Å². The highest BCUT2D eigenvalue weighted by Crippen LogP contribution is 2.20. The predicted octanol–water partition coefficient (Wildman–Crippen LogP) is 3.06. The van der Waals surface area contributed by atoms with Gasteiger partial charge in [0.25, 0.3) is 0 Å². The maximum absolute atomic E-state index is 5.48. The molecule has 1 aromatic heterocycles. The molecule has 1 aromatic carbocycles. The molecule has 1 N–H and O–H groups in total. The molecule has 4 nitrogen and oxygen atoms in total. The quantitative estimate of drug-likeness (QED) is 0.842. The van der Waals surface area contributed by atoms with Crippen LogP contribution in [0.1, 0.15) is 37.7 Å². The van der Waals surface area contributed by atoms with Crippen LogP contribution in [0.2, 0.25) is 0 Å². The van der Waals surface area contributed by atoms with Gasteiger partial charge in [-0.25, -0.2) is 4.98 Å². The lowest BCUT2D eigenvalue weighted by Gasteiger charge is -2.17. The smallest absolute Gasteiger partial charge is 0.122 e. The maximum Gasteiger partial charge on any atom is 0.122 e. The molecular formula is C16H23N3O. The van der Waals surface area contributed by atoms with Crippen molar-refractivity contribution in [2.75, 3.05) is 6.61 Å². The molecule has 0 fully saturated rings. The van der Waals surface area contributed by atoms with Crippen molar-refractivity contribution in [2.24, 2.45) is 7.05 Å². The van der Waals surface area contributed by atoms with Gasteiger partial charge in [0, 0.05) is 25.5 Å². The second kappa shape index (κ2) is 7.10. The van der Waals surface area contributed by atoms with E-state index in [4.69, 9.17) is 4.74 Å². The molecule has 20 heavy (non-hydrogen) atoms. The van der Waals surface area contributed by atoms with Gasteiger partial charge in [0.1, 0.15) is 11.6 Å². The summed E-state index contributed by atoms with van der Waals surface area (Å²) < 4.78 is 7.51. The van der Waals surface area contributed by atoms with Crippen molar-refractivity contribution in [1.29, 1.82) is 0 Å². The molecule has 0 aliphatic heterocycles. The number of hydrogen-bond donors (Lipinski definition) is 1.